The third-order valence-electron chi connectivity index (χ3n) is 2.19. The predicted molar refractivity (Wildman–Crippen MR) is 56.1 cm³/mol. The van der Waals surface area contributed by atoms with Crippen LogP contribution in [0.15, 0.2) is 12.7 Å². The maximum atomic E-state index is 5.68. The highest BCUT2D eigenvalue weighted by Gasteiger charge is 2.11. The summed E-state index contributed by atoms with van der Waals surface area (Å²) < 4.78 is 7.29. The standard InChI is InChI=1S/C9H13N5O/c1-3-15-6(2)14-5-13-7-8(10)11-4-12-9(7)14/h4-6H,3H2,1-2H3,(H2,10,11,12). The Morgan fingerprint density at radius 2 is 2.27 bits per heavy atom. The van der Waals surface area contributed by atoms with Crippen LogP contribution in [0.3, 0.4) is 0 Å². The van der Waals surface area contributed by atoms with E-state index in [9.17, 15) is 0 Å². The maximum absolute atomic E-state index is 5.68. The average Bonchev–Trinajstić information content (AvgIpc) is 2.63. The molecule has 0 fully saturated rings. The summed E-state index contributed by atoms with van der Waals surface area (Å²) >= 11 is 0. The lowest BCUT2D eigenvalue weighted by Crippen LogP contribution is -2.08. The van der Waals surface area contributed by atoms with Crippen LogP contribution >= 0.6 is 0 Å². The molecule has 0 saturated heterocycles. The molecule has 80 valence electrons. The minimum absolute atomic E-state index is 0.103. The molecular formula is C9H13N5O. The van der Waals surface area contributed by atoms with Crippen LogP contribution in [0.25, 0.3) is 11.2 Å². The van der Waals surface area contributed by atoms with Crippen LogP contribution in [-0.2, 0) is 4.74 Å². The van der Waals surface area contributed by atoms with Gasteiger partial charge < -0.3 is 10.5 Å². The van der Waals surface area contributed by atoms with Gasteiger partial charge in [-0.05, 0) is 13.8 Å². The molecule has 0 amide bonds. The second kappa shape index (κ2) is 3.82. The third-order valence-corrected chi connectivity index (χ3v) is 2.19. The monoisotopic (exact) mass is 207 g/mol. The molecule has 0 saturated carbocycles. The molecule has 2 aromatic heterocycles. The van der Waals surface area contributed by atoms with Crippen molar-refractivity contribution >= 4 is 17.0 Å². The zero-order valence-corrected chi connectivity index (χ0v) is 8.71. The van der Waals surface area contributed by atoms with Crippen molar-refractivity contribution in [3.63, 3.8) is 0 Å². The highest BCUT2D eigenvalue weighted by molar-refractivity contribution is 5.81. The maximum Gasteiger partial charge on any atom is 0.167 e. The van der Waals surface area contributed by atoms with E-state index in [0.29, 0.717) is 23.6 Å². The lowest BCUT2D eigenvalue weighted by molar-refractivity contribution is 0.0272. The van der Waals surface area contributed by atoms with Gasteiger partial charge in [0.1, 0.15) is 18.1 Å². The second-order valence-corrected chi connectivity index (χ2v) is 3.14. The Bertz CT molecular complexity index is 466. The van der Waals surface area contributed by atoms with Gasteiger partial charge in [-0.15, -0.1) is 0 Å². The summed E-state index contributed by atoms with van der Waals surface area (Å²) in [6.45, 7) is 4.52. The Hall–Kier alpha value is -1.69. The Morgan fingerprint density at radius 3 is 3.00 bits per heavy atom. The number of aromatic nitrogens is 4. The summed E-state index contributed by atoms with van der Waals surface area (Å²) in [5, 5.41) is 0. The number of hydrogen-bond acceptors (Lipinski definition) is 5. The summed E-state index contributed by atoms with van der Waals surface area (Å²) in [6, 6.07) is 0. The molecule has 0 aliphatic heterocycles. The van der Waals surface area contributed by atoms with Crippen molar-refractivity contribution in [1.29, 1.82) is 0 Å². The highest BCUT2D eigenvalue weighted by Crippen LogP contribution is 2.18. The summed E-state index contributed by atoms with van der Waals surface area (Å²) in [7, 11) is 0. The Morgan fingerprint density at radius 1 is 1.47 bits per heavy atom. The van der Waals surface area contributed by atoms with E-state index in [2.05, 4.69) is 15.0 Å². The highest BCUT2D eigenvalue weighted by atomic mass is 16.5. The van der Waals surface area contributed by atoms with Gasteiger partial charge in [0.2, 0.25) is 0 Å². The first-order chi connectivity index (χ1) is 7.24. The number of hydrogen-bond donors (Lipinski definition) is 1. The molecule has 0 radical (unpaired) electrons. The van der Waals surface area contributed by atoms with Crippen LogP contribution in [0, 0.1) is 0 Å². The summed E-state index contributed by atoms with van der Waals surface area (Å²) in [6.07, 6.45) is 2.99. The number of nitrogen functional groups attached to an aromatic ring is 1. The minimum atomic E-state index is -0.103. The van der Waals surface area contributed by atoms with Gasteiger partial charge in [-0.25, -0.2) is 15.0 Å². The second-order valence-electron chi connectivity index (χ2n) is 3.14. The molecule has 0 aromatic carbocycles. The Balaban J connectivity index is 2.49. The van der Waals surface area contributed by atoms with Crippen LogP contribution in [-0.4, -0.2) is 26.1 Å². The van der Waals surface area contributed by atoms with Crippen LogP contribution < -0.4 is 5.73 Å². The molecule has 0 spiro atoms. The number of fused-ring (bicyclic) bond motifs is 1. The molecule has 2 N–H and O–H groups in total. The Kier molecular flexibility index (Phi) is 2.51. The smallest absolute Gasteiger partial charge is 0.167 e. The summed E-state index contributed by atoms with van der Waals surface area (Å²) in [5.41, 5.74) is 6.99. The molecule has 6 heteroatoms. The van der Waals surface area contributed by atoms with Crippen molar-refractivity contribution in [2.24, 2.45) is 0 Å². The largest absolute Gasteiger partial charge is 0.382 e. The normalized spacial score (nSPS) is 13.2. The van der Waals surface area contributed by atoms with Crippen LogP contribution in [0.5, 0.6) is 0 Å². The van der Waals surface area contributed by atoms with E-state index in [1.54, 1.807) is 6.33 Å². The van der Waals surface area contributed by atoms with Gasteiger partial charge in [0, 0.05) is 6.61 Å². The van der Waals surface area contributed by atoms with E-state index in [-0.39, 0.29) is 6.23 Å². The van der Waals surface area contributed by atoms with Gasteiger partial charge >= 0.3 is 0 Å². The van der Waals surface area contributed by atoms with E-state index in [1.807, 2.05) is 18.4 Å². The van der Waals surface area contributed by atoms with Crippen molar-refractivity contribution in [2.45, 2.75) is 20.1 Å². The molecule has 6 nitrogen and oxygen atoms in total. The fraction of sp³-hybridized carbons (Fsp3) is 0.444. The number of nitrogens with two attached hydrogens (primary N) is 1. The number of imidazole rings is 1. The molecule has 2 heterocycles. The van der Waals surface area contributed by atoms with Crippen LogP contribution in [0.1, 0.15) is 20.1 Å². The molecule has 0 aliphatic rings. The topological polar surface area (TPSA) is 78.9 Å². The molecule has 2 aromatic rings. The molecule has 2 rings (SSSR count). The first-order valence-electron chi connectivity index (χ1n) is 4.78. The Labute approximate surface area is 87.1 Å². The van der Waals surface area contributed by atoms with E-state index in [0.717, 1.165) is 0 Å². The number of nitrogens with zero attached hydrogens (tertiary/aromatic N) is 4. The SMILES string of the molecule is CCOC(C)n1cnc2c(N)ncnc21. The van der Waals surface area contributed by atoms with Crippen molar-refractivity contribution < 1.29 is 4.74 Å². The lowest BCUT2D eigenvalue weighted by Gasteiger charge is -2.13. The molecule has 1 unspecified atom stereocenters. The zero-order chi connectivity index (χ0) is 10.8. The van der Waals surface area contributed by atoms with Gasteiger partial charge in [-0.2, -0.15) is 0 Å². The number of rotatable bonds is 3. The molecule has 0 aliphatic carbocycles. The van der Waals surface area contributed by atoms with Gasteiger partial charge in [0.15, 0.2) is 11.5 Å². The van der Waals surface area contributed by atoms with E-state index >= 15 is 0 Å². The van der Waals surface area contributed by atoms with Crippen LogP contribution in [0.2, 0.25) is 0 Å². The fourth-order valence-electron chi connectivity index (χ4n) is 1.46. The average molecular weight is 207 g/mol. The lowest BCUT2D eigenvalue weighted by atomic mass is 10.5. The van der Waals surface area contributed by atoms with Crippen molar-refractivity contribution in [3.05, 3.63) is 12.7 Å². The van der Waals surface area contributed by atoms with Crippen LogP contribution in [0.4, 0.5) is 5.82 Å². The first-order valence-corrected chi connectivity index (χ1v) is 4.78. The van der Waals surface area contributed by atoms with Gasteiger partial charge in [0.25, 0.3) is 0 Å². The van der Waals surface area contributed by atoms with Gasteiger partial charge in [-0.3, -0.25) is 4.57 Å². The zero-order valence-electron chi connectivity index (χ0n) is 8.71. The third kappa shape index (κ3) is 1.63. The van der Waals surface area contributed by atoms with E-state index in [1.165, 1.54) is 6.33 Å². The quantitative estimate of drug-likeness (QED) is 0.811. The molecule has 15 heavy (non-hydrogen) atoms. The molecular weight excluding hydrogens is 194 g/mol. The van der Waals surface area contributed by atoms with Crippen molar-refractivity contribution in [1.82, 2.24) is 19.5 Å². The van der Waals surface area contributed by atoms with Gasteiger partial charge in [0.05, 0.1) is 6.33 Å². The molecule has 1 atom stereocenters. The minimum Gasteiger partial charge on any atom is -0.382 e. The molecule has 0 bridgehead atoms. The fourth-order valence-corrected chi connectivity index (χ4v) is 1.46. The van der Waals surface area contributed by atoms with E-state index in [4.69, 9.17) is 10.5 Å². The van der Waals surface area contributed by atoms with Gasteiger partial charge in [-0.1, -0.05) is 0 Å². The van der Waals surface area contributed by atoms with Crippen molar-refractivity contribution in [3.8, 4) is 0 Å². The number of ether oxygens (including phenoxy) is 1. The summed E-state index contributed by atoms with van der Waals surface area (Å²) in [4.78, 5) is 12.2. The first kappa shape index (κ1) is 9.85. The summed E-state index contributed by atoms with van der Waals surface area (Å²) in [5.74, 6) is 0.391. The number of anilines is 1. The predicted octanol–water partition coefficient (Wildman–Crippen LogP) is 0.964. The van der Waals surface area contributed by atoms with Crippen molar-refractivity contribution in [2.75, 3.05) is 12.3 Å². The van der Waals surface area contributed by atoms with E-state index < -0.39 is 0 Å².